The van der Waals surface area contributed by atoms with E-state index in [2.05, 4.69) is 28.6 Å². The lowest BCUT2D eigenvalue weighted by Crippen LogP contribution is -2.38. The number of guanidine groups is 1. The molecule has 1 aliphatic heterocycles. The van der Waals surface area contributed by atoms with E-state index >= 15 is 0 Å². The normalized spacial score (nSPS) is 12.7. The van der Waals surface area contributed by atoms with Crippen molar-refractivity contribution in [1.82, 2.24) is 10.6 Å². The van der Waals surface area contributed by atoms with E-state index in [1.165, 1.54) is 5.56 Å². The molecule has 0 saturated heterocycles. The molecule has 7 heteroatoms. The summed E-state index contributed by atoms with van der Waals surface area (Å²) < 4.78 is 16.0. The molecule has 1 aliphatic rings. The first kappa shape index (κ1) is 19.8. The van der Waals surface area contributed by atoms with Gasteiger partial charge in [-0.3, -0.25) is 4.99 Å². The average Bonchev–Trinajstić information content (AvgIpc) is 2.99. The van der Waals surface area contributed by atoms with Gasteiger partial charge in [-0.1, -0.05) is 6.07 Å². The predicted molar refractivity (Wildman–Crippen MR) is 102 cm³/mol. The highest BCUT2D eigenvalue weighted by molar-refractivity contribution is 14.0. The molecule has 2 N–H and O–H groups in total. The highest BCUT2D eigenvalue weighted by atomic mass is 127. The zero-order valence-electron chi connectivity index (χ0n) is 13.8. The molecule has 130 valence electrons. The Morgan fingerprint density at radius 3 is 2.83 bits per heavy atom. The van der Waals surface area contributed by atoms with Gasteiger partial charge in [-0.15, -0.1) is 24.0 Å². The van der Waals surface area contributed by atoms with E-state index in [9.17, 15) is 0 Å². The Balaban J connectivity index is 0.00000264. The molecule has 0 aliphatic carbocycles. The lowest BCUT2D eigenvalue weighted by molar-refractivity contribution is 0.155. The third-order valence-electron chi connectivity index (χ3n) is 3.20. The molecule has 0 unspecified atom stereocenters. The first-order valence-corrected chi connectivity index (χ1v) is 7.82. The van der Waals surface area contributed by atoms with Crippen LogP contribution in [0.4, 0.5) is 0 Å². The summed E-state index contributed by atoms with van der Waals surface area (Å²) >= 11 is 0. The molecule has 23 heavy (non-hydrogen) atoms. The van der Waals surface area contributed by atoms with Gasteiger partial charge in [-0.2, -0.15) is 0 Å². The molecule has 0 radical (unpaired) electrons. The van der Waals surface area contributed by atoms with Crippen LogP contribution in [-0.4, -0.2) is 45.6 Å². The summed E-state index contributed by atoms with van der Waals surface area (Å²) in [6, 6.07) is 6.05. The largest absolute Gasteiger partial charge is 0.454 e. The Kier molecular flexibility index (Phi) is 9.77. The summed E-state index contributed by atoms with van der Waals surface area (Å²) in [7, 11) is 0. The van der Waals surface area contributed by atoms with Crippen molar-refractivity contribution in [2.75, 3.05) is 39.6 Å². The van der Waals surface area contributed by atoms with E-state index in [-0.39, 0.29) is 24.0 Å². The zero-order chi connectivity index (χ0) is 15.6. The molecular formula is C16H26IN3O3. The summed E-state index contributed by atoms with van der Waals surface area (Å²) in [5.74, 6) is 2.47. The van der Waals surface area contributed by atoms with Crippen molar-refractivity contribution in [3.05, 3.63) is 23.8 Å². The van der Waals surface area contributed by atoms with Gasteiger partial charge in [0, 0.05) is 19.7 Å². The molecule has 6 nitrogen and oxygen atoms in total. The second-order valence-electron chi connectivity index (χ2n) is 4.82. The molecule has 0 spiro atoms. The summed E-state index contributed by atoms with van der Waals surface area (Å²) in [5.41, 5.74) is 1.21. The van der Waals surface area contributed by atoms with Crippen molar-refractivity contribution in [2.45, 2.75) is 20.3 Å². The summed E-state index contributed by atoms with van der Waals surface area (Å²) in [5, 5.41) is 6.55. The number of aliphatic imine (C=N–C) groups is 1. The van der Waals surface area contributed by atoms with E-state index in [1.54, 1.807) is 0 Å². The van der Waals surface area contributed by atoms with Crippen LogP contribution in [0.15, 0.2) is 23.2 Å². The van der Waals surface area contributed by atoms with E-state index in [0.29, 0.717) is 19.9 Å². The molecule has 2 rings (SSSR count). The fourth-order valence-corrected chi connectivity index (χ4v) is 2.13. The van der Waals surface area contributed by atoms with Crippen molar-refractivity contribution >= 4 is 29.9 Å². The minimum absolute atomic E-state index is 0. The number of benzene rings is 1. The monoisotopic (exact) mass is 435 g/mol. The Morgan fingerprint density at radius 1 is 1.22 bits per heavy atom. The van der Waals surface area contributed by atoms with Gasteiger partial charge in [-0.05, 0) is 38.0 Å². The molecule has 1 aromatic rings. The fourth-order valence-electron chi connectivity index (χ4n) is 2.13. The van der Waals surface area contributed by atoms with Gasteiger partial charge in [0.1, 0.15) is 0 Å². The highest BCUT2D eigenvalue weighted by Crippen LogP contribution is 2.32. The van der Waals surface area contributed by atoms with Gasteiger partial charge in [-0.25, -0.2) is 0 Å². The predicted octanol–water partition coefficient (Wildman–Crippen LogP) is 2.17. The van der Waals surface area contributed by atoms with Crippen LogP contribution >= 0.6 is 24.0 Å². The van der Waals surface area contributed by atoms with Gasteiger partial charge >= 0.3 is 0 Å². The fraction of sp³-hybridized carbons (Fsp3) is 0.562. The van der Waals surface area contributed by atoms with Crippen LogP contribution < -0.4 is 20.1 Å². The average molecular weight is 435 g/mol. The maximum absolute atomic E-state index is 5.39. The van der Waals surface area contributed by atoms with Crippen LogP contribution in [0.5, 0.6) is 11.5 Å². The third kappa shape index (κ3) is 6.82. The van der Waals surface area contributed by atoms with Gasteiger partial charge < -0.3 is 24.8 Å². The number of fused-ring (bicyclic) bond motifs is 1. The molecule has 0 bridgehead atoms. The van der Waals surface area contributed by atoms with Crippen LogP contribution in [0.2, 0.25) is 0 Å². The van der Waals surface area contributed by atoms with Crippen molar-refractivity contribution in [3.63, 3.8) is 0 Å². The molecule has 0 aromatic heterocycles. The minimum Gasteiger partial charge on any atom is -0.454 e. The minimum atomic E-state index is 0. The van der Waals surface area contributed by atoms with Crippen LogP contribution in [0.1, 0.15) is 19.4 Å². The van der Waals surface area contributed by atoms with Crippen molar-refractivity contribution < 1.29 is 14.2 Å². The Bertz CT molecular complexity index is 497. The van der Waals surface area contributed by atoms with E-state index in [4.69, 9.17) is 14.2 Å². The number of hydrogen-bond acceptors (Lipinski definition) is 4. The Hall–Kier alpha value is -1.22. The second-order valence-corrected chi connectivity index (χ2v) is 4.82. The molecule has 0 amide bonds. The van der Waals surface area contributed by atoms with Crippen LogP contribution in [0, 0.1) is 0 Å². The van der Waals surface area contributed by atoms with E-state index in [0.717, 1.165) is 43.6 Å². The Labute approximate surface area is 155 Å². The van der Waals surface area contributed by atoms with Gasteiger partial charge in [0.25, 0.3) is 0 Å². The molecule has 1 heterocycles. The standard InChI is InChI=1S/C16H25N3O3.HI/c1-3-17-16(19-9-10-20-4-2)18-8-7-13-5-6-14-15(11-13)22-12-21-14;/h5-6,11H,3-4,7-10,12H2,1-2H3,(H2,17,18,19);1H. The lowest BCUT2D eigenvalue weighted by atomic mass is 10.1. The quantitative estimate of drug-likeness (QED) is 0.284. The number of rotatable bonds is 8. The smallest absolute Gasteiger partial charge is 0.231 e. The van der Waals surface area contributed by atoms with E-state index < -0.39 is 0 Å². The van der Waals surface area contributed by atoms with Crippen LogP contribution in [0.3, 0.4) is 0 Å². The third-order valence-corrected chi connectivity index (χ3v) is 3.20. The van der Waals surface area contributed by atoms with Crippen molar-refractivity contribution in [2.24, 2.45) is 4.99 Å². The summed E-state index contributed by atoms with van der Waals surface area (Å²) in [6.07, 6.45) is 0.895. The molecule has 0 saturated carbocycles. The lowest BCUT2D eigenvalue weighted by Gasteiger charge is -2.11. The maximum atomic E-state index is 5.39. The van der Waals surface area contributed by atoms with Gasteiger partial charge in [0.05, 0.1) is 13.2 Å². The number of ether oxygens (including phenoxy) is 3. The van der Waals surface area contributed by atoms with Crippen LogP contribution in [0.25, 0.3) is 0 Å². The molecule has 1 aromatic carbocycles. The topological polar surface area (TPSA) is 64.1 Å². The summed E-state index contributed by atoms with van der Waals surface area (Å²) in [6.45, 7) is 8.03. The van der Waals surface area contributed by atoms with Crippen molar-refractivity contribution in [1.29, 1.82) is 0 Å². The second kappa shape index (κ2) is 11.3. The SMILES string of the molecule is CCNC(=NCCOCC)NCCc1ccc2c(c1)OCO2.I. The maximum Gasteiger partial charge on any atom is 0.231 e. The van der Waals surface area contributed by atoms with E-state index in [1.807, 2.05) is 19.1 Å². The van der Waals surface area contributed by atoms with Gasteiger partial charge in [0.2, 0.25) is 6.79 Å². The molecular weight excluding hydrogens is 409 g/mol. The zero-order valence-corrected chi connectivity index (χ0v) is 16.1. The number of nitrogens with zero attached hydrogens (tertiary/aromatic N) is 1. The number of nitrogens with one attached hydrogen (secondary N) is 2. The van der Waals surface area contributed by atoms with Crippen molar-refractivity contribution in [3.8, 4) is 11.5 Å². The molecule has 0 atom stereocenters. The Morgan fingerprint density at radius 2 is 2.04 bits per heavy atom. The van der Waals surface area contributed by atoms with Gasteiger partial charge in [0.15, 0.2) is 17.5 Å². The number of halogens is 1. The molecule has 0 fully saturated rings. The first-order valence-electron chi connectivity index (χ1n) is 7.82. The number of hydrogen-bond donors (Lipinski definition) is 2. The first-order chi connectivity index (χ1) is 10.8. The summed E-state index contributed by atoms with van der Waals surface area (Å²) in [4.78, 5) is 4.46. The van der Waals surface area contributed by atoms with Crippen LogP contribution in [-0.2, 0) is 11.2 Å². The highest BCUT2D eigenvalue weighted by Gasteiger charge is 2.12.